The summed E-state index contributed by atoms with van der Waals surface area (Å²) in [4.78, 5) is 0. The van der Waals surface area contributed by atoms with Gasteiger partial charge in [-0.1, -0.05) is 82.8 Å². The minimum Gasteiger partial charge on any atom is -0.0952 e. The average Bonchev–Trinajstić information content (AvgIpc) is 3.46. The zero-order chi connectivity index (χ0) is 22.5. The van der Waals surface area contributed by atoms with Gasteiger partial charge in [0.15, 0.2) is 0 Å². The predicted molar refractivity (Wildman–Crippen MR) is 140 cm³/mol. The summed E-state index contributed by atoms with van der Waals surface area (Å²) in [6.07, 6.45) is 15.1. The highest BCUT2D eigenvalue weighted by atomic mass is 14.4. The van der Waals surface area contributed by atoms with Crippen molar-refractivity contribution in [1.82, 2.24) is 0 Å². The van der Waals surface area contributed by atoms with Crippen LogP contribution in [0.15, 0.2) is 61.2 Å². The SMILES string of the molecule is C=C1CC(CC)(CC)Cc2ccc(C3=CC=C(c4ccc5c(c4)C=CC5C(C)C)C3)cc21. The Labute approximate surface area is 194 Å². The van der Waals surface area contributed by atoms with Crippen LogP contribution in [0, 0.1) is 11.3 Å². The summed E-state index contributed by atoms with van der Waals surface area (Å²) in [6, 6.07) is 14.2. The number of fused-ring (bicyclic) bond motifs is 2. The summed E-state index contributed by atoms with van der Waals surface area (Å²) in [5.74, 6) is 1.21. The topological polar surface area (TPSA) is 0 Å². The Balaban J connectivity index is 1.35. The van der Waals surface area contributed by atoms with Gasteiger partial charge in [0.2, 0.25) is 0 Å². The van der Waals surface area contributed by atoms with Gasteiger partial charge in [-0.15, -0.1) is 0 Å². The minimum absolute atomic E-state index is 0.406. The third-order valence-corrected chi connectivity index (χ3v) is 8.40. The van der Waals surface area contributed by atoms with E-state index in [1.54, 1.807) is 0 Å². The molecular weight excluding hydrogens is 384 g/mol. The summed E-state index contributed by atoms with van der Waals surface area (Å²) in [5, 5.41) is 0. The fourth-order valence-electron chi connectivity index (χ4n) is 6.06. The van der Waals surface area contributed by atoms with Gasteiger partial charge in [0, 0.05) is 5.92 Å². The van der Waals surface area contributed by atoms with Crippen molar-refractivity contribution in [2.24, 2.45) is 11.3 Å². The van der Waals surface area contributed by atoms with Crippen LogP contribution in [0.5, 0.6) is 0 Å². The van der Waals surface area contributed by atoms with Gasteiger partial charge in [0.25, 0.3) is 0 Å². The fraction of sp³-hybridized carbons (Fsp3) is 0.375. The maximum atomic E-state index is 4.49. The van der Waals surface area contributed by atoms with E-state index < -0.39 is 0 Å². The van der Waals surface area contributed by atoms with Crippen molar-refractivity contribution in [2.45, 2.75) is 65.7 Å². The first kappa shape index (κ1) is 21.3. The van der Waals surface area contributed by atoms with E-state index in [-0.39, 0.29) is 0 Å². The second-order valence-electron chi connectivity index (χ2n) is 10.6. The number of rotatable bonds is 5. The van der Waals surface area contributed by atoms with Crippen LogP contribution in [0.2, 0.25) is 0 Å². The van der Waals surface area contributed by atoms with Crippen LogP contribution in [-0.4, -0.2) is 0 Å². The normalized spacial score (nSPS) is 20.9. The van der Waals surface area contributed by atoms with Gasteiger partial charge in [-0.05, 0) is 106 Å². The van der Waals surface area contributed by atoms with Crippen LogP contribution in [0.25, 0.3) is 22.8 Å². The first-order valence-corrected chi connectivity index (χ1v) is 12.5. The Hall–Kier alpha value is -2.60. The van der Waals surface area contributed by atoms with Crippen molar-refractivity contribution in [3.63, 3.8) is 0 Å². The lowest BCUT2D eigenvalue weighted by molar-refractivity contribution is 0.261. The van der Waals surface area contributed by atoms with Crippen molar-refractivity contribution in [3.05, 3.63) is 94.6 Å². The smallest absolute Gasteiger partial charge is 0.00502 e. The molecule has 0 heteroatoms. The van der Waals surface area contributed by atoms with Gasteiger partial charge in [-0.2, -0.15) is 0 Å². The highest BCUT2D eigenvalue weighted by Crippen LogP contribution is 2.47. The lowest BCUT2D eigenvalue weighted by Crippen LogP contribution is -2.26. The van der Waals surface area contributed by atoms with Gasteiger partial charge < -0.3 is 0 Å². The fourth-order valence-corrected chi connectivity index (χ4v) is 6.06. The molecule has 0 nitrogen and oxygen atoms in total. The Morgan fingerprint density at radius 2 is 1.62 bits per heavy atom. The van der Waals surface area contributed by atoms with E-state index >= 15 is 0 Å². The quantitative estimate of drug-likeness (QED) is 0.452. The van der Waals surface area contributed by atoms with Gasteiger partial charge in [0.1, 0.15) is 0 Å². The first-order valence-electron chi connectivity index (χ1n) is 12.5. The molecule has 0 bridgehead atoms. The van der Waals surface area contributed by atoms with Gasteiger partial charge in [-0.3, -0.25) is 0 Å². The second-order valence-corrected chi connectivity index (χ2v) is 10.6. The molecular formula is C32H36. The molecule has 0 radical (unpaired) electrons. The third-order valence-electron chi connectivity index (χ3n) is 8.40. The summed E-state index contributed by atoms with van der Waals surface area (Å²) < 4.78 is 0. The van der Waals surface area contributed by atoms with E-state index in [9.17, 15) is 0 Å². The van der Waals surface area contributed by atoms with E-state index in [2.05, 4.69) is 95.0 Å². The van der Waals surface area contributed by atoms with Crippen molar-refractivity contribution in [1.29, 1.82) is 0 Å². The Kier molecular flexibility index (Phi) is 5.36. The Morgan fingerprint density at radius 1 is 0.938 bits per heavy atom. The van der Waals surface area contributed by atoms with Crippen molar-refractivity contribution < 1.29 is 0 Å². The highest BCUT2D eigenvalue weighted by Gasteiger charge is 2.33. The van der Waals surface area contributed by atoms with Crippen LogP contribution in [0.3, 0.4) is 0 Å². The molecule has 32 heavy (non-hydrogen) atoms. The molecule has 0 aromatic heterocycles. The Morgan fingerprint density at radius 3 is 2.31 bits per heavy atom. The van der Waals surface area contributed by atoms with Crippen LogP contribution in [-0.2, 0) is 6.42 Å². The lowest BCUT2D eigenvalue weighted by atomic mass is 9.66. The average molecular weight is 421 g/mol. The molecule has 164 valence electrons. The molecule has 2 aromatic carbocycles. The minimum atomic E-state index is 0.406. The predicted octanol–water partition coefficient (Wildman–Crippen LogP) is 9.09. The monoisotopic (exact) mass is 420 g/mol. The van der Waals surface area contributed by atoms with E-state index in [0.29, 0.717) is 17.3 Å². The maximum absolute atomic E-state index is 4.49. The summed E-state index contributed by atoms with van der Waals surface area (Å²) >= 11 is 0. The number of allylic oxidation sites excluding steroid dienone is 6. The molecule has 0 saturated carbocycles. The van der Waals surface area contributed by atoms with Crippen LogP contribution < -0.4 is 0 Å². The Bertz CT molecular complexity index is 1160. The van der Waals surface area contributed by atoms with Gasteiger partial charge in [-0.25, -0.2) is 0 Å². The van der Waals surface area contributed by atoms with Gasteiger partial charge >= 0.3 is 0 Å². The molecule has 0 fully saturated rings. The molecule has 3 aliphatic rings. The third kappa shape index (κ3) is 3.54. The van der Waals surface area contributed by atoms with E-state index in [1.807, 2.05) is 0 Å². The van der Waals surface area contributed by atoms with E-state index in [1.165, 1.54) is 69.4 Å². The molecule has 0 amide bonds. The standard InChI is InChI=1S/C32H36/c1-6-32(7-2)19-22(5)31-18-26(10-11-28(31)20-32)24-9-8-23(16-24)25-12-15-30-27(17-25)13-14-29(30)21(3)4/h8-15,17-18,21,29H,5-7,16,19-20H2,1-4H3. The first-order chi connectivity index (χ1) is 15.4. The van der Waals surface area contributed by atoms with Crippen LogP contribution >= 0.6 is 0 Å². The number of benzene rings is 2. The van der Waals surface area contributed by atoms with Crippen LogP contribution in [0.4, 0.5) is 0 Å². The molecule has 0 N–H and O–H groups in total. The summed E-state index contributed by atoms with van der Waals surface area (Å²) in [6.45, 7) is 13.8. The second kappa shape index (κ2) is 8.07. The largest absolute Gasteiger partial charge is 0.0952 e. The maximum Gasteiger partial charge on any atom is 0.00502 e. The molecule has 3 aliphatic carbocycles. The molecule has 1 unspecified atom stereocenters. The molecule has 0 heterocycles. The molecule has 2 aromatic rings. The summed E-state index contributed by atoms with van der Waals surface area (Å²) in [7, 11) is 0. The number of hydrogen-bond donors (Lipinski definition) is 0. The van der Waals surface area contributed by atoms with Crippen molar-refractivity contribution in [3.8, 4) is 0 Å². The highest BCUT2D eigenvalue weighted by molar-refractivity contribution is 5.88. The van der Waals surface area contributed by atoms with Gasteiger partial charge in [0.05, 0.1) is 0 Å². The number of hydrogen-bond acceptors (Lipinski definition) is 0. The summed E-state index contributed by atoms with van der Waals surface area (Å²) in [5.41, 5.74) is 13.1. The lowest BCUT2D eigenvalue weighted by Gasteiger charge is -2.38. The molecule has 0 saturated heterocycles. The van der Waals surface area contributed by atoms with E-state index in [4.69, 9.17) is 0 Å². The molecule has 0 aliphatic heterocycles. The molecule has 5 rings (SSSR count). The van der Waals surface area contributed by atoms with E-state index in [0.717, 1.165) is 12.8 Å². The molecule has 0 spiro atoms. The van der Waals surface area contributed by atoms with Crippen molar-refractivity contribution >= 4 is 22.8 Å². The van der Waals surface area contributed by atoms with Crippen LogP contribution in [0.1, 0.15) is 92.7 Å². The van der Waals surface area contributed by atoms with Crippen molar-refractivity contribution in [2.75, 3.05) is 0 Å². The zero-order valence-corrected chi connectivity index (χ0v) is 20.2. The molecule has 1 atom stereocenters. The zero-order valence-electron chi connectivity index (χ0n) is 20.2.